The Labute approximate surface area is 110 Å². The van der Waals surface area contributed by atoms with E-state index in [2.05, 4.69) is 78.0 Å². The summed E-state index contributed by atoms with van der Waals surface area (Å²) in [6.45, 7) is 8.41. The molecule has 0 aromatic carbocycles. The van der Waals surface area contributed by atoms with Crippen molar-refractivity contribution in [2.45, 2.75) is 27.7 Å². The second-order valence-electron chi connectivity index (χ2n) is 4.15. The molecule has 2 heterocycles. The molecule has 0 aliphatic rings. The largest absolute Gasteiger partial charge is 0.303 e. The second-order valence-corrected chi connectivity index (χ2v) is 5.23. The lowest BCUT2D eigenvalue weighted by Crippen LogP contribution is -2.04. The first-order chi connectivity index (χ1) is 7.50. The molecular weight excluding hydrogens is 311 g/mol. The van der Waals surface area contributed by atoms with Gasteiger partial charge in [0.25, 0.3) is 0 Å². The molecular formula is C13H15IN2. The summed E-state index contributed by atoms with van der Waals surface area (Å²) < 4.78 is 3.44. The lowest BCUT2D eigenvalue weighted by molar-refractivity contribution is 0.905. The highest BCUT2D eigenvalue weighted by Gasteiger charge is 2.08. The maximum Gasteiger partial charge on any atom is 0.137 e. The van der Waals surface area contributed by atoms with E-state index in [1.165, 1.54) is 20.5 Å². The molecule has 0 radical (unpaired) electrons. The van der Waals surface area contributed by atoms with E-state index in [1.807, 2.05) is 0 Å². The van der Waals surface area contributed by atoms with Crippen molar-refractivity contribution in [3.63, 3.8) is 0 Å². The highest BCUT2D eigenvalue weighted by atomic mass is 127. The molecule has 0 saturated heterocycles. The molecule has 16 heavy (non-hydrogen) atoms. The molecule has 0 atom stereocenters. The molecule has 0 aliphatic carbocycles. The number of aromatic nitrogens is 2. The summed E-state index contributed by atoms with van der Waals surface area (Å²) in [7, 11) is 0. The van der Waals surface area contributed by atoms with Gasteiger partial charge in [-0.25, -0.2) is 4.98 Å². The van der Waals surface area contributed by atoms with E-state index in [0.29, 0.717) is 0 Å². The number of hydrogen-bond acceptors (Lipinski definition) is 1. The molecule has 0 N–H and O–H groups in total. The third kappa shape index (κ3) is 1.88. The monoisotopic (exact) mass is 326 g/mol. The van der Waals surface area contributed by atoms with Gasteiger partial charge in [0.2, 0.25) is 0 Å². The number of rotatable bonds is 1. The van der Waals surface area contributed by atoms with E-state index in [9.17, 15) is 0 Å². The molecule has 0 unspecified atom stereocenters. The van der Waals surface area contributed by atoms with Gasteiger partial charge in [0.1, 0.15) is 5.82 Å². The third-order valence-corrected chi connectivity index (χ3v) is 4.42. The molecule has 0 amide bonds. The van der Waals surface area contributed by atoms with Crippen molar-refractivity contribution < 1.29 is 0 Å². The zero-order chi connectivity index (χ0) is 11.9. The minimum absolute atomic E-state index is 1.02. The van der Waals surface area contributed by atoms with Crippen LogP contribution in [0.5, 0.6) is 0 Å². The Hall–Kier alpha value is -0.840. The Morgan fingerprint density at radius 2 is 1.62 bits per heavy atom. The lowest BCUT2D eigenvalue weighted by atomic mass is 10.2. The molecule has 2 rings (SSSR count). The molecule has 2 aromatic rings. The number of nitrogens with zero attached hydrogens (tertiary/aromatic N) is 2. The molecule has 3 heteroatoms. The zero-order valence-electron chi connectivity index (χ0n) is 10.0. The molecule has 0 aliphatic heterocycles. The van der Waals surface area contributed by atoms with E-state index >= 15 is 0 Å². The Morgan fingerprint density at radius 3 is 2.12 bits per heavy atom. The van der Waals surface area contributed by atoms with Gasteiger partial charge in [-0.15, -0.1) is 0 Å². The normalized spacial score (nSPS) is 10.8. The minimum atomic E-state index is 1.02. The van der Waals surface area contributed by atoms with Crippen molar-refractivity contribution in [2.75, 3.05) is 0 Å². The van der Waals surface area contributed by atoms with Crippen molar-refractivity contribution in [2.24, 2.45) is 0 Å². The number of hydrogen-bond donors (Lipinski definition) is 0. The standard InChI is InChI=1S/C13H15IN2/c1-8-7-12(15-11(4)13(8)14)16-9(2)5-6-10(16)3/h5-7H,1-4H3. The third-order valence-electron chi connectivity index (χ3n) is 2.79. The smallest absolute Gasteiger partial charge is 0.137 e. The van der Waals surface area contributed by atoms with Crippen LogP contribution in [0.4, 0.5) is 0 Å². The molecule has 2 aromatic heterocycles. The number of pyridine rings is 1. The first-order valence-electron chi connectivity index (χ1n) is 5.30. The van der Waals surface area contributed by atoms with E-state index in [1.54, 1.807) is 0 Å². The fourth-order valence-corrected chi connectivity index (χ4v) is 2.22. The van der Waals surface area contributed by atoms with Crippen LogP contribution in [0.2, 0.25) is 0 Å². The maximum absolute atomic E-state index is 4.65. The second kappa shape index (κ2) is 4.20. The van der Waals surface area contributed by atoms with Gasteiger partial charge in [-0.05, 0) is 74.0 Å². The molecule has 0 fully saturated rings. The Balaban J connectivity index is 2.66. The van der Waals surface area contributed by atoms with E-state index in [0.717, 1.165) is 11.5 Å². The first kappa shape index (κ1) is 11.6. The van der Waals surface area contributed by atoms with Gasteiger partial charge in [-0.1, -0.05) is 0 Å². The van der Waals surface area contributed by atoms with Crippen LogP contribution < -0.4 is 0 Å². The Bertz CT molecular complexity index is 498. The zero-order valence-corrected chi connectivity index (χ0v) is 12.2. The predicted molar refractivity (Wildman–Crippen MR) is 75.2 cm³/mol. The summed E-state index contributed by atoms with van der Waals surface area (Å²) in [6.07, 6.45) is 0. The van der Waals surface area contributed by atoms with Crippen LogP contribution in [0.1, 0.15) is 22.6 Å². The van der Waals surface area contributed by atoms with Crippen LogP contribution in [0.3, 0.4) is 0 Å². The van der Waals surface area contributed by atoms with Gasteiger partial charge in [0.15, 0.2) is 0 Å². The summed E-state index contributed by atoms with van der Waals surface area (Å²) in [6, 6.07) is 6.40. The van der Waals surface area contributed by atoms with Gasteiger partial charge in [0, 0.05) is 15.0 Å². The van der Waals surface area contributed by atoms with Crippen molar-refractivity contribution >= 4 is 22.6 Å². The average molecular weight is 326 g/mol. The summed E-state index contributed by atoms with van der Waals surface area (Å²) in [5.74, 6) is 1.02. The van der Waals surface area contributed by atoms with Crippen LogP contribution in [0.25, 0.3) is 5.82 Å². The first-order valence-corrected chi connectivity index (χ1v) is 6.37. The number of halogens is 1. The van der Waals surface area contributed by atoms with Crippen LogP contribution in [0.15, 0.2) is 18.2 Å². The SMILES string of the molecule is Cc1cc(-n2c(C)ccc2C)nc(C)c1I. The maximum atomic E-state index is 4.65. The topological polar surface area (TPSA) is 17.8 Å². The van der Waals surface area contributed by atoms with E-state index < -0.39 is 0 Å². The summed E-state index contributed by atoms with van der Waals surface area (Å²) >= 11 is 2.35. The van der Waals surface area contributed by atoms with E-state index in [-0.39, 0.29) is 0 Å². The van der Waals surface area contributed by atoms with Gasteiger partial charge >= 0.3 is 0 Å². The molecule has 84 valence electrons. The van der Waals surface area contributed by atoms with Gasteiger partial charge in [-0.3, -0.25) is 0 Å². The molecule has 0 saturated carbocycles. The fourth-order valence-electron chi connectivity index (χ4n) is 1.94. The van der Waals surface area contributed by atoms with Crippen molar-refractivity contribution in [3.05, 3.63) is 44.4 Å². The van der Waals surface area contributed by atoms with Crippen molar-refractivity contribution in [3.8, 4) is 5.82 Å². The minimum Gasteiger partial charge on any atom is -0.303 e. The average Bonchev–Trinajstić information content (AvgIpc) is 2.54. The fraction of sp³-hybridized carbons (Fsp3) is 0.308. The van der Waals surface area contributed by atoms with Crippen LogP contribution in [-0.4, -0.2) is 9.55 Å². The van der Waals surface area contributed by atoms with Gasteiger partial charge < -0.3 is 4.57 Å². The quantitative estimate of drug-likeness (QED) is 0.731. The van der Waals surface area contributed by atoms with E-state index in [4.69, 9.17) is 0 Å². The summed E-state index contributed by atoms with van der Waals surface area (Å²) in [4.78, 5) is 4.65. The van der Waals surface area contributed by atoms with Crippen molar-refractivity contribution in [1.29, 1.82) is 0 Å². The molecule has 0 spiro atoms. The lowest BCUT2D eigenvalue weighted by Gasteiger charge is -2.11. The Morgan fingerprint density at radius 1 is 1.06 bits per heavy atom. The highest BCUT2D eigenvalue weighted by molar-refractivity contribution is 14.1. The van der Waals surface area contributed by atoms with Crippen LogP contribution in [0, 0.1) is 31.3 Å². The molecule has 0 bridgehead atoms. The summed E-state index contributed by atoms with van der Waals surface area (Å²) in [5, 5.41) is 0. The molecule has 2 nitrogen and oxygen atoms in total. The highest BCUT2D eigenvalue weighted by Crippen LogP contribution is 2.20. The van der Waals surface area contributed by atoms with Crippen LogP contribution >= 0.6 is 22.6 Å². The van der Waals surface area contributed by atoms with Gasteiger partial charge in [-0.2, -0.15) is 0 Å². The Kier molecular flexibility index (Phi) is 3.06. The van der Waals surface area contributed by atoms with Crippen LogP contribution in [-0.2, 0) is 0 Å². The van der Waals surface area contributed by atoms with Gasteiger partial charge in [0.05, 0.1) is 5.69 Å². The van der Waals surface area contributed by atoms with Crippen molar-refractivity contribution in [1.82, 2.24) is 9.55 Å². The predicted octanol–water partition coefficient (Wildman–Crippen LogP) is 3.71. The summed E-state index contributed by atoms with van der Waals surface area (Å²) in [5.41, 5.74) is 4.84. The number of aryl methyl sites for hydroxylation is 4.